The van der Waals surface area contributed by atoms with Crippen LogP contribution in [-0.4, -0.2) is 58.4 Å². The lowest BCUT2D eigenvalue weighted by atomic mass is 9.92. The highest BCUT2D eigenvalue weighted by Crippen LogP contribution is 2.40. The highest BCUT2D eigenvalue weighted by atomic mass is 35.5. The Kier molecular flexibility index (Phi) is 6.30. The largest absolute Gasteiger partial charge is 0.465 e. The van der Waals surface area contributed by atoms with Crippen LogP contribution in [0, 0.1) is 6.92 Å². The third-order valence-corrected chi connectivity index (χ3v) is 5.51. The number of hydrogen-bond acceptors (Lipinski definition) is 5. The molecule has 158 valence electrons. The maximum atomic E-state index is 13.4. The second-order valence-electron chi connectivity index (χ2n) is 7.10. The van der Waals surface area contributed by atoms with Gasteiger partial charge in [-0.05, 0) is 33.2 Å². The van der Waals surface area contributed by atoms with Crippen molar-refractivity contribution in [2.24, 2.45) is 0 Å². The first-order valence-corrected chi connectivity index (χ1v) is 9.78. The zero-order valence-electron chi connectivity index (χ0n) is 16.6. The third kappa shape index (κ3) is 3.98. The molecule has 0 radical (unpaired) electrons. The van der Waals surface area contributed by atoms with E-state index in [-0.39, 0.29) is 19.0 Å². The van der Waals surface area contributed by atoms with Gasteiger partial charge in [-0.2, -0.15) is 0 Å². The summed E-state index contributed by atoms with van der Waals surface area (Å²) in [5, 5.41) is 12.2. The molecule has 1 aliphatic heterocycles. The molecule has 2 amide bonds. The van der Waals surface area contributed by atoms with Gasteiger partial charge in [-0.25, -0.2) is 4.79 Å². The van der Waals surface area contributed by atoms with E-state index in [1.54, 1.807) is 44.1 Å². The number of amides is 2. The number of aldehydes is 1. The number of halogens is 2. The number of hydrogen-bond donors (Lipinski definition) is 2. The van der Waals surface area contributed by atoms with Gasteiger partial charge in [-0.1, -0.05) is 29.3 Å². The molecule has 1 aliphatic rings. The molecule has 3 rings (SSSR count). The molecule has 2 aromatic rings. The number of carbonyl (C=O) groups is 3. The molecule has 2 heterocycles. The summed E-state index contributed by atoms with van der Waals surface area (Å²) in [5.74, 6) is -0.374. The van der Waals surface area contributed by atoms with Crippen molar-refractivity contribution in [3.05, 3.63) is 50.8 Å². The molecule has 0 saturated heterocycles. The van der Waals surface area contributed by atoms with E-state index in [2.05, 4.69) is 10.3 Å². The van der Waals surface area contributed by atoms with Crippen LogP contribution >= 0.6 is 23.2 Å². The fraction of sp³-hybridized carbons (Fsp3) is 0.300. The van der Waals surface area contributed by atoms with Crippen molar-refractivity contribution < 1.29 is 19.5 Å². The minimum atomic E-state index is -1.20. The first-order valence-electron chi connectivity index (χ1n) is 9.03. The van der Waals surface area contributed by atoms with Crippen LogP contribution in [0.2, 0.25) is 10.0 Å². The van der Waals surface area contributed by atoms with Gasteiger partial charge >= 0.3 is 6.09 Å². The first kappa shape index (κ1) is 22.0. The summed E-state index contributed by atoms with van der Waals surface area (Å²) in [4.78, 5) is 43.7. The molecule has 0 aliphatic carbocycles. The van der Waals surface area contributed by atoms with Crippen LogP contribution in [0.5, 0.6) is 0 Å². The quantitative estimate of drug-likeness (QED) is 0.655. The number of carboxylic acid groups (broad SMARTS) is 1. The molecule has 8 nitrogen and oxygen atoms in total. The number of pyridine rings is 1. The molecular formula is C20H20Cl2N4O4. The lowest BCUT2D eigenvalue weighted by Crippen LogP contribution is -2.46. The lowest BCUT2D eigenvalue weighted by molar-refractivity contribution is -0.116. The van der Waals surface area contributed by atoms with Crippen LogP contribution < -0.4 is 5.32 Å². The Labute approximate surface area is 183 Å². The molecular weight excluding hydrogens is 431 g/mol. The third-order valence-electron chi connectivity index (χ3n) is 4.96. The van der Waals surface area contributed by atoms with Crippen LogP contribution in [0.25, 0.3) is 11.1 Å². The smallest absolute Gasteiger partial charge is 0.404 e. The SMILES string of the molecule is Cc1nc2c(c(-c3ccc(Cl)cc3Cl)c1CNC(=O)O)C(=O)N(C(C=O)N(C)C)C2. The Morgan fingerprint density at radius 3 is 2.63 bits per heavy atom. The number of fused-ring (bicyclic) bond motifs is 1. The molecule has 0 fully saturated rings. The van der Waals surface area contributed by atoms with Crippen molar-refractivity contribution in [3.8, 4) is 11.1 Å². The van der Waals surface area contributed by atoms with Crippen LogP contribution in [0.4, 0.5) is 4.79 Å². The van der Waals surface area contributed by atoms with Crippen LogP contribution in [0.15, 0.2) is 18.2 Å². The normalized spacial score (nSPS) is 14.1. The first-order chi connectivity index (χ1) is 14.1. The van der Waals surface area contributed by atoms with E-state index in [4.69, 9.17) is 28.3 Å². The average Bonchev–Trinajstić information content (AvgIpc) is 2.96. The van der Waals surface area contributed by atoms with Crippen molar-refractivity contribution in [1.29, 1.82) is 0 Å². The number of likely N-dealkylation sites (N-methyl/N-ethyl adjacent to an activating group) is 1. The van der Waals surface area contributed by atoms with Crippen molar-refractivity contribution >= 4 is 41.5 Å². The summed E-state index contributed by atoms with van der Waals surface area (Å²) >= 11 is 12.5. The lowest BCUT2D eigenvalue weighted by Gasteiger charge is -2.28. The van der Waals surface area contributed by atoms with Gasteiger partial charge in [0.15, 0.2) is 6.29 Å². The number of carbonyl (C=O) groups excluding carboxylic acids is 2. The second kappa shape index (κ2) is 8.59. The Hall–Kier alpha value is -2.68. The van der Waals surface area contributed by atoms with Gasteiger partial charge < -0.3 is 15.3 Å². The summed E-state index contributed by atoms with van der Waals surface area (Å²) in [6.45, 7) is 1.83. The van der Waals surface area contributed by atoms with Gasteiger partial charge in [0.25, 0.3) is 5.91 Å². The van der Waals surface area contributed by atoms with Gasteiger partial charge in [-0.15, -0.1) is 0 Å². The van der Waals surface area contributed by atoms with Crippen molar-refractivity contribution in [1.82, 2.24) is 20.1 Å². The van der Waals surface area contributed by atoms with E-state index in [0.29, 0.717) is 50.0 Å². The van der Waals surface area contributed by atoms with Crippen LogP contribution in [0.1, 0.15) is 27.3 Å². The zero-order valence-corrected chi connectivity index (χ0v) is 18.1. The van der Waals surface area contributed by atoms with E-state index < -0.39 is 12.3 Å². The number of aryl methyl sites for hydroxylation is 1. The standard InChI is InChI=1S/C20H20Cl2N4O4/c1-10-13(7-23-20(29)30)17(12-5-4-11(21)6-14(12)22)18-15(24-10)8-26(19(18)28)16(9-27)25(2)3/h4-6,9,16,23H,7-8H2,1-3H3,(H,29,30). The maximum Gasteiger partial charge on any atom is 0.404 e. The number of benzene rings is 1. The molecule has 0 bridgehead atoms. The van der Waals surface area contributed by atoms with Gasteiger partial charge in [-0.3, -0.25) is 19.5 Å². The topological polar surface area (TPSA) is 103 Å². The van der Waals surface area contributed by atoms with Gasteiger partial charge in [0, 0.05) is 39.0 Å². The number of nitrogens with zero attached hydrogens (tertiary/aromatic N) is 3. The summed E-state index contributed by atoms with van der Waals surface area (Å²) in [6, 6.07) is 4.88. The Balaban J connectivity index is 2.25. The van der Waals surface area contributed by atoms with Gasteiger partial charge in [0.2, 0.25) is 0 Å². The zero-order chi connectivity index (χ0) is 22.2. The van der Waals surface area contributed by atoms with Crippen LogP contribution in [0.3, 0.4) is 0 Å². The van der Waals surface area contributed by atoms with Crippen molar-refractivity contribution in [3.63, 3.8) is 0 Å². The highest BCUT2D eigenvalue weighted by Gasteiger charge is 2.38. The molecule has 10 heteroatoms. The van der Waals surface area contributed by atoms with Gasteiger partial charge in [0.1, 0.15) is 6.17 Å². The van der Waals surface area contributed by atoms with E-state index in [1.807, 2.05) is 0 Å². The fourth-order valence-electron chi connectivity index (χ4n) is 3.58. The summed E-state index contributed by atoms with van der Waals surface area (Å²) < 4.78 is 0. The molecule has 0 saturated carbocycles. The Bertz CT molecular complexity index is 1040. The molecule has 30 heavy (non-hydrogen) atoms. The van der Waals surface area contributed by atoms with E-state index in [0.717, 1.165) is 0 Å². The molecule has 2 N–H and O–H groups in total. The molecule has 1 aromatic heterocycles. The minimum absolute atomic E-state index is 0.0617. The van der Waals surface area contributed by atoms with E-state index in [1.165, 1.54) is 4.90 Å². The number of rotatable bonds is 6. The van der Waals surface area contributed by atoms with Crippen molar-refractivity contribution in [2.45, 2.75) is 26.2 Å². The van der Waals surface area contributed by atoms with E-state index >= 15 is 0 Å². The minimum Gasteiger partial charge on any atom is -0.465 e. The Morgan fingerprint density at radius 1 is 1.37 bits per heavy atom. The monoisotopic (exact) mass is 450 g/mol. The predicted molar refractivity (Wildman–Crippen MR) is 113 cm³/mol. The molecule has 1 aromatic carbocycles. The summed E-state index contributed by atoms with van der Waals surface area (Å²) in [5.41, 5.74) is 2.93. The molecule has 1 unspecified atom stereocenters. The maximum absolute atomic E-state index is 13.4. The van der Waals surface area contributed by atoms with Gasteiger partial charge in [0.05, 0.1) is 17.8 Å². The number of nitrogens with one attached hydrogen (secondary N) is 1. The van der Waals surface area contributed by atoms with Crippen molar-refractivity contribution in [2.75, 3.05) is 14.1 Å². The predicted octanol–water partition coefficient (Wildman–Crippen LogP) is 3.17. The molecule has 1 atom stereocenters. The Morgan fingerprint density at radius 2 is 2.07 bits per heavy atom. The summed E-state index contributed by atoms with van der Waals surface area (Å²) in [6.07, 6.45) is -1.27. The van der Waals surface area contributed by atoms with E-state index in [9.17, 15) is 14.4 Å². The summed E-state index contributed by atoms with van der Waals surface area (Å²) in [7, 11) is 3.40. The average molecular weight is 451 g/mol. The number of aromatic nitrogens is 1. The van der Waals surface area contributed by atoms with Crippen LogP contribution in [-0.2, 0) is 17.9 Å². The molecule has 0 spiro atoms. The second-order valence-corrected chi connectivity index (χ2v) is 7.95. The highest BCUT2D eigenvalue weighted by molar-refractivity contribution is 6.36. The fourth-order valence-corrected chi connectivity index (χ4v) is 4.08.